The highest BCUT2D eigenvalue weighted by Crippen LogP contribution is 2.29. The molecule has 2 amide bonds. The molecule has 0 bridgehead atoms. The lowest BCUT2D eigenvalue weighted by Gasteiger charge is -2.37. The van der Waals surface area contributed by atoms with Gasteiger partial charge in [-0.05, 0) is 45.1 Å². The van der Waals surface area contributed by atoms with Gasteiger partial charge in [-0.3, -0.25) is 4.79 Å². The molecule has 1 aliphatic rings. The Hall–Kier alpha value is -0.910. The summed E-state index contributed by atoms with van der Waals surface area (Å²) in [5.74, 6) is 0.189. The van der Waals surface area contributed by atoms with E-state index in [1.807, 2.05) is 13.2 Å². The fraction of sp³-hybridized carbons (Fsp3) is 0.846. The van der Waals surface area contributed by atoms with Crippen LogP contribution in [-0.2, 0) is 4.79 Å². The van der Waals surface area contributed by atoms with Crippen LogP contribution in [0.15, 0.2) is 0 Å². The Labute approximate surface area is 119 Å². The van der Waals surface area contributed by atoms with E-state index >= 15 is 0 Å². The number of thioether (sulfide) groups is 1. The maximum absolute atomic E-state index is 12.1. The summed E-state index contributed by atoms with van der Waals surface area (Å²) < 4.78 is 0. The van der Waals surface area contributed by atoms with E-state index in [1.54, 1.807) is 23.6 Å². The van der Waals surface area contributed by atoms with Crippen LogP contribution in [-0.4, -0.2) is 53.1 Å². The first-order valence-corrected chi connectivity index (χ1v) is 8.06. The minimum atomic E-state index is -0.819. The van der Waals surface area contributed by atoms with Crippen LogP contribution in [0.3, 0.4) is 0 Å². The number of carbonyl (C=O) groups excluding carboxylic acids is 1. The highest BCUT2D eigenvalue weighted by molar-refractivity contribution is 7.98. The zero-order chi connectivity index (χ0) is 14.5. The van der Waals surface area contributed by atoms with Crippen LogP contribution in [0, 0.1) is 5.41 Å². The molecule has 2 unspecified atom stereocenters. The first kappa shape index (κ1) is 16.1. The number of carboxylic acids is 1. The van der Waals surface area contributed by atoms with E-state index in [2.05, 4.69) is 5.32 Å². The summed E-state index contributed by atoms with van der Waals surface area (Å²) in [6.45, 7) is 4.63. The van der Waals surface area contributed by atoms with Crippen LogP contribution < -0.4 is 5.32 Å². The first-order valence-electron chi connectivity index (χ1n) is 6.67. The fourth-order valence-electron chi connectivity index (χ4n) is 2.26. The maximum atomic E-state index is 12.1. The molecule has 1 aliphatic heterocycles. The number of nitrogens with one attached hydrogen (secondary N) is 1. The average Bonchev–Trinajstić information content (AvgIpc) is 2.36. The molecule has 0 saturated carbocycles. The van der Waals surface area contributed by atoms with E-state index in [0.717, 1.165) is 18.6 Å². The largest absolute Gasteiger partial charge is 0.481 e. The molecule has 19 heavy (non-hydrogen) atoms. The van der Waals surface area contributed by atoms with Gasteiger partial charge in [0.1, 0.15) is 0 Å². The molecule has 0 radical (unpaired) electrons. The predicted octanol–water partition coefficient (Wildman–Crippen LogP) is 2.02. The van der Waals surface area contributed by atoms with Gasteiger partial charge in [0.15, 0.2) is 0 Å². The van der Waals surface area contributed by atoms with E-state index in [1.165, 1.54) is 0 Å². The minimum absolute atomic E-state index is 0.123. The number of carbonyl (C=O) groups is 2. The third kappa shape index (κ3) is 4.60. The summed E-state index contributed by atoms with van der Waals surface area (Å²) in [5, 5.41) is 12.2. The minimum Gasteiger partial charge on any atom is -0.481 e. The van der Waals surface area contributed by atoms with Crippen LogP contribution in [0.25, 0.3) is 0 Å². The Balaban J connectivity index is 2.50. The monoisotopic (exact) mass is 288 g/mol. The zero-order valence-corrected chi connectivity index (χ0v) is 12.8. The number of hydrogen-bond donors (Lipinski definition) is 2. The van der Waals surface area contributed by atoms with Gasteiger partial charge in [-0.1, -0.05) is 0 Å². The van der Waals surface area contributed by atoms with E-state index in [4.69, 9.17) is 0 Å². The van der Waals surface area contributed by atoms with Gasteiger partial charge in [0, 0.05) is 19.1 Å². The Bertz CT molecular complexity index is 338. The highest BCUT2D eigenvalue weighted by Gasteiger charge is 2.39. The highest BCUT2D eigenvalue weighted by atomic mass is 32.2. The molecule has 1 fully saturated rings. The maximum Gasteiger partial charge on any atom is 0.317 e. The number of urea groups is 1. The van der Waals surface area contributed by atoms with Gasteiger partial charge in [0.25, 0.3) is 0 Å². The van der Waals surface area contributed by atoms with E-state index in [0.29, 0.717) is 19.5 Å². The van der Waals surface area contributed by atoms with Crippen molar-refractivity contribution in [1.29, 1.82) is 0 Å². The van der Waals surface area contributed by atoms with Gasteiger partial charge in [0.2, 0.25) is 0 Å². The summed E-state index contributed by atoms with van der Waals surface area (Å²) in [6, 6.07) is -0.0151. The van der Waals surface area contributed by atoms with Crippen molar-refractivity contribution in [2.45, 2.75) is 39.2 Å². The zero-order valence-electron chi connectivity index (χ0n) is 11.9. The first-order chi connectivity index (χ1) is 8.89. The van der Waals surface area contributed by atoms with Gasteiger partial charge in [-0.15, -0.1) is 0 Å². The van der Waals surface area contributed by atoms with Gasteiger partial charge in [0.05, 0.1) is 5.41 Å². The molecule has 0 aliphatic carbocycles. The van der Waals surface area contributed by atoms with Gasteiger partial charge < -0.3 is 15.3 Å². The standard InChI is InChI=1S/C13H24N2O3S/c1-10(5-8-19-3)14-12(18)15-7-4-6-13(2,9-15)11(16)17/h10H,4-9H2,1-3H3,(H,14,18)(H,16,17). The Morgan fingerprint density at radius 2 is 2.21 bits per heavy atom. The Morgan fingerprint density at radius 1 is 1.53 bits per heavy atom. The van der Waals surface area contributed by atoms with Crippen LogP contribution in [0.2, 0.25) is 0 Å². The summed E-state index contributed by atoms with van der Waals surface area (Å²) >= 11 is 1.75. The van der Waals surface area contributed by atoms with E-state index < -0.39 is 11.4 Å². The molecule has 1 rings (SSSR count). The van der Waals surface area contributed by atoms with Crippen LogP contribution in [0.4, 0.5) is 4.79 Å². The number of aliphatic carboxylic acids is 1. The second-order valence-electron chi connectivity index (χ2n) is 5.52. The molecule has 1 saturated heterocycles. The second-order valence-corrected chi connectivity index (χ2v) is 6.51. The van der Waals surface area contributed by atoms with Crippen molar-refractivity contribution in [2.75, 3.05) is 25.1 Å². The van der Waals surface area contributed by atoms with Crippen molar-refractivity contribution in [1.82, 2.24) is 10.2 Å². The van der Waals surface area contributed by atoms with Crippen molar-refractivity contribution < 1.29 is 14.7 Å². The number of piperidine rings is 1. The van der Waals surface area contributed by atoms with Gasteiger partial charge in [-0.25, -0.2) is 4.79 Å². The summed E-state index contributed by atoms with van der Waals surface area (Å²) in [7, 11) is 0. The van der Waals surface area contributed by atoms with Crippen molar-refractivity contribution in [2.24, 2.45) is 5.41 Å². The number of likely N-dealkylation sites (tertiary alicyclic amines) is 1. The molecule has 5 nitrogen and oxygen atoms in total. The van der Waals surface area contributed by atoms with Crippen molar-refractivity contribution in [3.63, 3.8) is 0 Å². The lowest BCUT2D eigenvalue weighted by molar-refractivity contribution is -0.150. The number of amides is 2. The molecule has 2 N–H and O–H groups in total. The fourth-order valence-corrected chi connectivity index (χ4v) is 2.85. The molecular formula is C13H24N2O3S. The predicted molar refractivity (Wildman–Crippen MR) is 77.5 cm³/mol. The summed E-state index contributed by atoms with van der Waals surface area (Å²) in [5.41, 5.74) is -0.807. The molecule has 1 heterocycles. The quantitative estimate of drug-likeness (QED) is 0.812. The van der Waals surface area contributed by atoms with Crippen LogP contribution in [0.5, 0.6) is 0 Å². The number of rotatable bonds is 5. The smallest absolute Gasteiger partial charge is 0.317 e. The van der Waals surface area contributed by atoms with Crippen molar-refractivity contribution >= 4 is 23.8 Å². The summed E-state index contributed by atoms with van der Waals surface area (Å²) in [4.78, 5) is 25.0. The third-order valence-corrected chi connectivity index (χ3v) is 4.27. The molecule has 0 aromatic heterocycles. The lowest BCUT2D eigenvalue weighted by Crippen LogP contribution is -2.52. The van der Waals surface area contributed by atoms with Crippen LogP contribution >= 0.6 is 11.8 Å². The van der Waals surface area contributed by atoms with Gasteiger partial charge in [-0.2, -0.15) is 11.8 Å². The third-order valence-electron chi connectivity index (χ3n) is 3.62. The Kier molecular flexibility index (Phi) is 5.97. The molecule has 110 valence electrons. The SMILES string of the molecule is CSCCC(C)NC(=O)N1CCCC(C)(C(=O)O)C1. The Morgan fingerprint density at radius 3 is 2.79 bits per heavy atom. The molecule has 0 aromatic carbocycles. The van der Waals surface area contributed by atoms with Crippen LogP contribution in [0.1, 0.15) is 33.1 Å². The molecule has 0 aromatic rings. The molecule has 6 heteroatoms. The van der Waals surface area contributed by atoms with E-state index in [-0.39, 0.29) is 12.1 Å². The normalized spacial score (nSPS) is 24.9. The van der Waals surface area contributed by atoms with E-state index in [9.17, 15) is 14.7 Å². The molecular weight excluding hydrogens is 264 g/mol. The number of nitrogens with zero attached hydrogens (tertiary/aromatic N) is 1. The molecule has 2 atom stereocenters. The van der Waals surface area contributed by atoms with Crippen molar-refractivity contribution in [3.8, 4) is 0 Å². The van der Waals surface area contributed by atoms with Crippen molar-refractivity contribution in [3.05, 3.63) is 0 Å². The number of carboxylic acid groups (broad SMARTS) is 1. The average molecular weight is 288 g/mol. The number of hydrogen-bond acceptors (Lipinski definition) is 3. The second kappa shape index (κ2) is 7.03. The van der Waals surface area contributed by atoms with Gasteiger partial charge >= 0.3 is 12.0 Å². The topological polar surface area (TPSA) is 69.6 Å². The molecule has 0 spiro atoms. The summed E-state index contributed by atoms with van der Waals surface area (Å²) in [6.07, 6.45) is 4.35. The lowest BCUT2D eigenvalue weighted by atomic mass is 9.82.